The fraction of sp³-hybridized carbons (Fsp3) is 0.700. The fourth-order valence-electron chi connectivity index (χ4n) is 3.24. The normalized spacial score (nSPS) is 20.7. The molecule has 2 N–H and O–H groups in total. The zero-order valence-electron chi connectivity index (χ0n) is 15.6. The number of benzene rings is 1. The minimum Gasteiger partial charge on any atom is -0.507 e. The van der Waals surface area contributed by atoms with Gasteiger partial charge in [-0.1, -0.05) is 53.7 Å². The molecular weight excluding hydrogens is 286 g/mol. The van der Waals surface area contributed by atoms with Crippen molar-refractivity contribution in [3.8, 4) is 5.75 Å². The number of aliphatic hydroxyl groups is 1. The molecule has 0 saturated carbocycles. The highest BCUT2D eigenvalue weighted by Gasteiger charge is 2.26. The summed E-state index contributed by atoms with van der Waals surface area (Å²) in [5, 5.41) is 20.7. The van der Waals surface area contributed by atoms with E-state index in [4.69, 9.17) is 0 Å². The summed E-state index contributed by atoms with van der Waals surface area (Å²) in [4.78, 5) is 2.25. The van der Waals surface area contributed by atoms with Gasteiger partial charge in [-0.2, -0.15) is 0 Å². The molecule has 1 aliphatic heterocycles. The average Bonchev–Trinajstić information content (AvgIpc) is 2.38. The van der Waals surface area contributed by atoms with Crippen LogP contribution >= 0.6 is 0 Å². The predicted molar refractivity (Wildman–Crippen MR) is 96.0 cm³/mol. The smallest absolute Gasteiger partial charge is 0.123 e. The molecule has 2 rings (SSSR count). The van der Waals surface area contributed by atoms with Crippen LogP contribution in [0.1, 0.15) is 71.1 Å². The molecule has 0 aromatic heterocycles. The molecule has 3 heteroatoms. The van der Waals surface area contributed by atoms with E-state index in [0.29, 0.717) is 18.8 Å². The molecule has 1 aromatic rings. The molecule has 1 aliphatic rings. The van der Waals surface area contributed by atoms with E-state index in [9.17, 15) is 10.2 Å². The number of likely N-dealkylation sites (tertiary alicyclic amines) is 1. The Morgan fingerprint density at radius 1 is 1.09 bits per heavy atom. The Balaban J connectivity index is 2.41. The molecule has 0 spiro atoms. The highest BCUT2D eigenvalue weighted by Crippen LogP contribution is 2.38. The van der Waals surface area contributed by atoms with Crippen LogP contribution in [0, 0.1) is 0 Å². The van der Waals surface area contributed by atoms with Gasteiger partial charge >= 0.3 is 0 Å². The third-order valence-corrected chi connectivity index (χ3v) is 4.74. The summed E-state index contributed by atoms with van der Waals surface area (Å²) < 4.78 is 0. The second kappa shape index (κ2) is 6.45. The van der Waals surface area contributed by atoms with Crippen molar-refractivity contribution < 1.29 is 10.2 Å². The summed E-state index contributed by atoms with van der Waals surface area (Å²) in [7, 11) is 0. The Hall–Kier alpha value is -1.06. The Bertz CT molecular complexity index is 552. The second-order valence-corrected chi connectivity index (χ2v) is 9.06. The highest BCUT2D eigenvalue weighted by molar-refractivity contribution is 5.48. The predicted octanol–water partition coefficient (Wildman–Crippen LogP) is 3.94. The molecule has 1 heterocycles. The SMILES string of the molecule is CC(C)(C)c1cc(CN2CCC[C@H](O)C2)c(O)c(C(C)(C)C)c1. The first kappa shape index (κ1) is 18.3. The van der Waals surface area contributed by atoms with E-state index >= 15 is 0 Å². The Morgan fingerprint density at radius 3 is 2.26 bits per heavy atom. The molecule has 1 fully saturated rings. The van der Waals surface area contributed by atoms with Crippen LogP contribution in [0.4, 0.5) is 0 Å². The van der Waals surface area contributed by atoms with Gasteiger partial charge in [0.05, 0.1) is 6.10 Å². The molecule has 0 unspecified atom stereocenters. The maximum Gasteiger partial charge on any atom is 0.123 e. The lowest BCUT2D eigenvalue weighted by atomic mass is 9.79. The number of aliphatic hydroxyl groups excluding tert-OH is 1. The number of aromatic hydroxyl groups is 1. The van der Waals surface area contributed by atoms with Crippen LogP contribution < -0.4 is 0 Å². The zero-order chi connectivity index (χ0) is 17.4. The lowest BCUT2D eigenvalue weighted by Gasteiger charge is -2.32. The molecule has 0 bridgehead atoms. The standard InChI is InChI=1S/C20H33NO2/c1-19(2,3)15-10-14(12-21-9-7-8-16(22)13-21)18(23)17(11-15)20(4,5)6/h10-11,16,22-23H,7-9,12-13H2,1-6H3/t16-/m0/s1. The van der Waals surface area contributed by atoms with Crippen LogP contribution in [0.15, 0.2) is 12.1 Å². The van der Waals surface area contributed by atoms with Gasteiger partial charge in [0.15, 0.2) is 0 Å². The molecule has 3 nitrogen and oxygen atoms in total. The molecule has 0 amide bonds. The summed E-state index contributed by atoms with van der Waals surface area (Å²) in [6, 6.07) is 4.30. The Kier molecular flexibility index (Phi) is 5.12. The average molecular weight is 319 g/mol. The van der Waals surface area contributed by atoms with Crippen LogP contribution in [-0.2, 0) is 17.4 Å². The topological polar surface area (TPSA) is 43.7 Å². The maximum atomic E-state index is 10.8. The maximum absolute atomic E-state index is 10.8. The summed E-state index contributed by atoms with van der Waals surface area (Å²) >= 11 is 0. The van der Waals surface area contributed by atoms with E-state index in [1.54, 1.807) is 0 Å². The number of rotatable bonds is 2. The van der Waals surface area contributed by atoms with E-state index in [-0.39, 0.29) is 16.9 Å². The van der Waals surface area contributed by atoms with Gasteiger partial charge in [0.1, 0.15) is 5.75 Å². The van der Waals surface area contributed by atoms with Crippen LogP contribution in [-0.4, -0.2) is 34.3 Å². The number of hydrogen-bond donors (Lipinski definition) is 2. The highest BCUT2D eigenvalue weighted by atomic mass is 16.3. The quantitative estimate of drug-likeness (QED) is 0.867. The van der Waals surface area contributed by atoms with Crippen LogP contribution in [0.5, 0.6) is 5.75 Å². The van der Waals surface area contributed by atoms with Crippen molar-refractivity contribution in [1.82, 2.24) is 4.90 Å². The summed E-state index contributed by atoms with van der Waals surface area (Å²) in [6.45, 7) is 15.4. The van der Waals surface area contributed by atoms with Gasteiger partial charge in [-0.15, -0.1) is 0 Å². The van der Waals surface area contributed by atoms with E-state index in [0.717, 1.165) is 30.5 Å². The number of phenolic OH excluding ortho intramolecular Hbond substituents is 1. The van der Waals surface area contributed by atoms with Gasteiger partial charge in [0.2, 0.25) is 0 Å². The van der Waals surface area contributed by atoms with Gasteiger partial charge in [-0.3, -0.25) is 4.90 Å². The molecule has 1 aromatic carbocycles. The van der Waals surface area contributed by atoms with Crippen LogP contribution in [0.3, 0.4) is 0 Å². The third kappa shape index (κ3) is 4.48. The van der Waals surface area contributed by atoms with Gasteiger partial charge in [-0.05, 0) is 41.3 Å². The van der Waals surface area contributed by atoms with Crippen molar-refractivity contribution in [3.63, 3.8) is 0 Å². The molecule has 0 aliphatic carbocycles. The largest absolute Gasteiger partial charge is 0.507 e. The zero-order valence-corrected chi connectivity index (χ0v) is 15.6. The molecule has 130 valence electrons. The van der Waals surface area contributed by atoms with E-state index in [1.165, 1.54) is 5.56 Å². The summed E-state index contributed by atoms with van der Waals surface area (Å²) in [5.41, 5.74) is 3.20. The molecule has 23 heavy (non-hydrogen) atoms. The summed E-state index contributed by atoms with van der Waals surface area (Å²) in [5.74, 6) is 0.422. The summed E-state index contributed by atoms with van der Waals surface area (Å²) in [6.07, 6.45) is 1.67. The first-order valence-electron chi connectivity index (χ1n) is 8.76. The number of hydrogen-bond acceptors (Lipinski definition) is 3. The molecular formula is C20H33NO2. The fourth-order valence-corrected chi connectivity index (χ4v) is 3.24. The number of phenols is 1. The van der Waals surface area contributed by atoms with Crippen molar-refractivity contribution >= 4 is 0 Å². The molecule has 1 saturated heterocycles. The van der Waals surface area contributed by atoms with E-state index in [1.807, 2.05) is 0 Å². The number of nitrogens with zero attached hydrogens (tertiary/aromatic N) is 1. The van der Waals surface area contributed by atoms with Crippen LogP contribution in [0.25, 0.3) is 0 Å². The third-order valence-electron chi connectivity index (χ3n) is 4.74. The minimum absolute atomic E-state index is 0.0455. The molecule has 0 radical (unpaired) electrons. The number of β-amino-alcohol motifs (C(OH)–C–C–N with tert-alkyl or cyclic N) is 1. The van der Waals surface area contributed by atoms with Crippen molar-refractivity contribution in [2.75, 3.05) is 13.1 Å². The van der Waals surface area contributed by atoms with Gasteiger partial charge < -0.3 is 10.2 Å². The lowest BCUT2D eigenvalue weighted by molar-refractivity contribution is 0.0663. The number of piperidine rings is 1. The van der Waals surface area contributed by atoms with Crippen LogP contribution in [0.2, 0.25) is 0 Å². The van der Waals surface area contributed by atoms with Crippen molar-refractivity contribution in [1.29, 1.82) is 0 Å². The first-order valence-corrected chi connectivity index (χ1v) is 8.76. The first-order chi connectivity index (χ1) is 10.5. The van der Waals surface area contributed by atoms with E-state index < -0.39 is 0 Å². The molecule has 1 atom stereocenters. The lowest BCUT2D eigenvalue weighted by Crippen LogP contribution is -2.37. The van der Waals surface area contributed by atoms with Gasteiger partial charge in [0, 0.05) is 18.7 Å². The Morgan fingerprint density at radius 2 is 1.74 bits per heavy atom. The van der Waals surface area contributed by atoms with Crippen molar-refractivity contribution in [2.24, 2.45) is 0 Å². The van der Waals surface area contributed by atoms with Gasteiger partial charge in [-0.25, -0.2) is 0 Å². The van der Waals surface area contributed by atoms with Crippen molar-refractivity contribution in [3.05, 3.63) is 28.8 Å². The Labute approximate surface area is 141 Å². The van der Waals surface area contributed by atoms with E-state index in [2.05, 4.69) is 58.6 Å². The second-order valence-electron chi connectivity index (χ2n) is 9.06. The minimum atomic E-state index is -0.237. The van der Waals surface area contributed by atoms with Crippen molar-refractivity contribution in [2.45, 2.75) is 77.9 Å². The van der Waals surface area contributed by atoms with Gasteiger partial charge in [0.25, 0.3) is 0 Å². The monoisotopic (exact) mass is 319 g/mol.